The topological polar surface area (TPSA) is 64.2 Å². The van der Waals surface area contributed by atoms with Gasteiger partial charge in [-0.25, -0.2) is 0 Å². The van der Waals surface area contributed by atoms with E-state index in [1.165, 1.54) is 0 Å². The molecule has 2 unspecified atom stereocenters. The number of aliphatic hydroxyl groups excluding tert-OH is 2. The van der Waals surface area contributed by atoms with E-state index in [1.54, 1.807) is 0 Å². The number of aryl methyl sites for hydroxylation is 1. The standard InChI is InChI=1S/C15H15NO2/c1-10-6-7-11-4-2-3-5-12(11)14(10)15(18)13(17)8-9-16/h2-7,13,15,17-18H,8H2,1H3. The van der Waals surface area contributed by atoms with Crippen LogP contribution in [0, 0.1) is 18.3 Å². The first kappa shape index (κ1) is 12.6. The molecule has 0 heterocycles. The first-order valence-corrected chi connectivity index (χ1v) is 5.86. The summed E-state index contributed by atoms with van der Waals surface area (Å²) < 4.78 is 0. The monoisotopic (exact) mass is 241 g/mol. The van der Waals surface area contributed by atoms with Crippen LogP contribution < -0.4 is 0 Å². The van der Waals surface area contributed by atoms with Crippen LogP contribution in [0.3, 0.4) is 0 Å². The van der Waals surface area contributed by atoms with E-state index in [-0.39, 0.29) is 6.42 Å². The Balaban J connectivity index is 2.55. The van der Waals surface area contributed by atoms with Gasteiger partial charge in [-0.15, -0.1) is 0 Å². The van der Waals surface area contributed by atoms with Crippen LogP contribution in [0.15, 0.2) is 36.4 Å². The van der Waals surface area contributed by atoms with Crippen molar-refractivity contribution in [2.24, 2.45) is 0 Å². The fourth-order valence-electron chi connectivity index (χ4n) is 2.19. The molecule has 0 aliphatic carbocycles. The van der Waals surface area contributed by atoms with Crippen molar-refractivity contribution in [3.63, 3.8) is 0 Å². The second-order valence-corrected chi connectivity index (χ2v) is 4.39. The Kier molecular flexibility index (Phi) is 3.61. The molecule has 3 nitrogen and oxygen atoms in total. The van der Waals surface area contributed by atoms with Crippen molar-refractivity contribution in [1.29, 1.82) is 5.26 Å². The van der Waals surface area contributed by atoms with Crippen molar-refractivity contribution < 1.29 is 10.2 Å². The summed E-state index contributed by atoms with van der Waals surface area (Å²) in [7, 11) is 0. The Bertz CT molecular complexity index is 601. The molecule has 2 atom stereocenters. The van der Waals surface area contributed by atoms with E-state index in [9.17, 15) is 10.2 Å². The van der Waals surface area contributed by atoms with Gasteiger partial charge in [0.15, 0.2) is 0 Å². The van der Waals surface area contributed by atoms with Gasteiger partial charge in [0.2, 0.25) is 0 Å². The minimum Gasteiger partial charge on any atom is -0.389 e. The van der Waals surface area contributed by atoms with Crippen LogP contribution in [0.25, 0.3) is 10.8 Å². The van der Waals surface area contributed by atoms with Crippen molar-refractivity contribution in [2.75, 3.05) is 0 Å². The molecule has 18 heavy (non-hydrogen) atoms. The molecule has 3 heteroatoms. The van der Waals surface area contributed by atoms with Gasteiger partial charge in [0, 0.05) is 0 Å². The maximum absolute atomic E-state index is 10.2. The highest BCUT2D eigenvalue weighted by atomic mass is 16.3. The van der Waals surface area contributed by atoms with Gasteiger partial charge in [0.25, 0.3) is 0 Å². The Hall–Kier alpha value is -1.89. The highest BCUT2D eigenvalue weighted by molar-refractivity contribution is 5.87. The minimum absolute atomic E-state index is 0.0795. The molecule has 92 valence electrons. The lowest BCUT2D eigenvalue weighted by molar-refractivity contribution is 0.0221. The largest absolute Gasteiger partial charge is 0.389 e. The van der Waals surface area contributed by atoms with Crippen LogP contribution in [-0.4, -0.2) is 16.3 Å². The summed E-state index contributed by atoms with van der Waals surface area (Å²) in [6.45, 7) is 1.89. The highest BCUT2D eigenvalue weighted by Crippen LogP contribution is 2.30. The van der Waals surface area contributed by atoms with Gasteiger partial charge in [-0.05, 0) is 28.8 Å². The summed E-state index contributed by atoms with van der Waals surface area (Å²) in [5.41, 5.74) is 1.62. The van der Waals surface area contributed by atoms with E-state index in [1.807, 2.05) is 49.4 Å². The molecule has 0 fully saturated rings. The second kappa shape index (κ2) is 5.18. The Morgan fingerprint density at radius 1 is 1.17 bits per heavy atom. The smallest absolute Gasteiger partial charge is 0.107 e. The number of nitriles is 1. The third kappa shape index (κ3) is 2.21. The molecule has 0 aliphatic heterocycles. The summed E-state index contributed by atoms with van der Waals surface area (Å²) in [5, 5.41) is 30.5. The molecule has 0 bridgehead atoms. The third-order valence-electron chi connectivity index (χ3n) is 3.15. The summed E-state index contributed by atoms with van der Waals surface area (Å²) >= 11 is 0. The molecular formula is C15H15NO2. The van der Waals surface area contributed by atoms with Crippen molar-refractivity contribution in [3.05, 3.63) is 47.5 Å². The first-order chi connectivity index (χ1) is 8.65. The highest BCUT2D eigenvalue weighted by Gasteiger charge is 2.21. The van der Waals surface area contributed by atoms with E-state index in [2.05, 4.69) is 0 Å². The summed E-state index contributed by atoms with van der Waals surface area (Å²) in [4.78, 5) is 0. The van der Waals surface area contributed by atoms with Gasteiger partial charge in [0.1, 0.15) is 6.10 Å². The molecule has 0 radical (unpaired) electrons. The van der Waals surface area contributed by atoms with E-state index >= 15 is 0 Å². The molecular weight excluding hydrogens is 226 g/mol. The summed E-state index contributed by atoms with van der Waals surface area (Å²) in [5.74, 6) is 0. The Morgan fingerprint density at radius 2 is 1.89 bits per heavy atom. The lowest BCUT2D eigenvalue weighted by Crippen LogP contribution is -2.18. The number of aliphatic hydroxyl groups is 2. The van der Waals surface area contributed by atoms with E-state index in [4.69, 9.17) is 5.26 Å². The molecule has 0 aromatic heterocycles. The molecule has 0 saturated carbocycles. The number of fused-ring (bicyclic) bond motifs is 1. The molecule has 2 aromatic rings. The lowest BCUT2D eigenvalue weighted by atomic mass is 9.92. The molecule has 0 saturated heterocycles. The maximum atomic E-state index is 10.2. The van der Waals surface area contributed by atoms with Crippen molar-refractivity contribution in [1.82, 2.24) is 0 Å². The second-order valence-electron chi connectivity index (χ2n) is 4.39. The third-order valence-corrected chi connectivity index (χ3v) is 3.15. The van der Waals surface area contributed by atoms with E-state index in [0.29, 0.717) is 5.56 Å². The Labute approximate surface area is 106 Å². The molecule has 2 rings (SSSR count). The van der Waals surface area contributed by atoms with Crippen LogP contribution >= 0.6 is 0 Å². The number of rotatable bonds is 3. The van der Waals surface area contributed by atoms with Gasteiger partial charge in [-0.3, -0.25) is 0 Å². The number of nitrogens with zero attached hydrogens (tertiary/aromatic N) is 1. The zero-order chi connectivity index (χ0) is 13.1. The molecule has 0 spiro atoms. The predicted octanol–water partition coefficient (Wildman–Crippen LogP) is 2.46. The predicted molar refractivity (Wildman–Crippen MR) is 69.9 cm³/mol. The molecule has 0 aliphatic rings. The van der Waals surface area contributed by atoms with Crippen molar-refractivity contribution >= 4 is 10.8 Å². The van der Waals surface area contributed by atoms with E-state index < -0.39 is 12.2 Å². The maximum Gasteiger partial charge on any atom is 0.107 e. The van der Waals surface area contributed by atoms with Gasteiger partial charge in [0.05, 0.1) is 18.6 Å². The number of benzene rings is 2. The SMILES string of the molecule is Cc1ccc2ccccc2c1C(O)C(O)CC#N. The first-order valence-electron chi connectivity index (χ1n) is 5.86. The summed E-state index contributed by atoms with van der Waals surface area (Å²) in [6.07, 6.45) is -2.17. The minimum atomic E-state index is -1.06. The van der Waals surface area contributed by atoms with Gasteiger partial charge >= 0.3 is 0 Å². The Morgan fingerprint density at radius 3 is 2.61 bits per heavy atom. The van der Waals surface area contributed by atoms with E-state index in [0.717, 1.165) is 16.3 Å². The van der Waals surface area contributed by atoms with Crippen LogP contribution in [-0.2, 0) is 0 Å². The average molecular weight is 241 g/mol. The van der Waals surface area contributed by atoms with Crippen LogP contribution in [0.5, 0.6) is 0 Å². The van der Waals surface area contributed by atoms with Crippen molar-refractivity contribution in [3.8, 4) is 6.07 Å². The zero-order valence-electron chi connectivity index (χ0n) is 10.2. The molecule has 2 aromatic carbocycles. The van der Waals surface area contributed by atoms with Gasteiger partial charge in [-0.1, -0.05) is 36.4 Å². The van der Waals surface area contributed by atoms with Gasteiger partial charge < -0.3 is 10.2 Å². The average Bonchev–Trinajstić information content (AvgIpc) is 2.38. The van der Waals surface area contributed by atoms with Crippen LogP contribution in [0.4, 0.5) is 0 Å². The van der Waals surface area contributed by atoms with Crippen LogP contribution in [0.1, 0.15) is 23.7 Å². The van der Waals surface area contributed by atoms with Crippen LogP contribution in [0.2, 0.25) is 0 Å². The summed E-state index contributed by atoms with van der Waals surface area (Å²) in [6, 6.07) is 13.5. The normalized spacial score (nSPS) is 14.1. The molecule has 0 amide bonds. The fourth-order valence-corrected chi connectivity index (χ4v) is 2.19. The number of hydrogen-bond acceptors (Lipinski definition) is 3. The van der Waals surface area contributed by atoms with Crippen molar-refractivity contribution in [2.45, 2.75) is 25.6 Å². The number of hydrogen-bond donors (Lipinski definition) is 2. The quantitative estimate of drug-likeness (QED) is 0.867. The lowest BCUT2D eigenvalue weighted by Gasteiger charge is -2.20. The fraction of sp³-hybridized carbons (Fsp3) is 0.267. The molecule has 2 N–H and O–H groups in total. The zero-order valence-corrected chi connectivity index (χ0v) is 10.2. The van der Waals surface area contributed by atoms with Gasteiger partial charge in [-0.2, -0.15) is 5.26 Å².